The van der Waals surface area contributed by atoms with Crippen LogP contribution in [0.5, 0.6) is 0 Å². The number of aliphatic imine (C=N–C) groups is 1. The molecule has 0 unspecified atom stereocenters. The van der Waals surface area contributed by atoms with Gasteiger partial charge in [0.2, 0.25) is 0 Å². The zero-order valence-corrected chi connectivity index (χ0v) is 17.8. The molecule has 2 N–H and O–H groups in total. The average Bonchev–Trinajstić information content (AvgIpc) is 3.29. The fraction of sp³-hybridized carbons (Fsp3) is 0.381. The number of rotatable bonds is 7. The van der Waals surface area contributed by atoms with Gasteiger partial charge in [0.05, 0.1) is 35.2 Å². The Morgan fingerprint density at radius 3 is 2.68 bits per heavy atom. The van der Waals surface area contributed by atoms with Crippen molar-refractivity contribution in [3.63, 3.8) is 0 Å². The number of hydrogen-bond acceptors (Lipinski definition) is 4. The van der Waals surface area contributed by atoms with E-state index in [9.17, 15) is 0 Å². The minimum atomic E-state index is 0.571. The molecule has 1 aromatic carbocycles. The average molecular weight is 397 g/mol. The van der Waals surface area contributed by atoms with Crippen molar-refractivity contribution in [3.8, 4) is 5.69 Å². The van der Waals surface area contributed by atoms with E-state index in [2.05, 4.69) is 65.1 Å². The van der Waals surface area contributed by atoms with E-state index in [0.717, 1.165) is 52.3 Å². The smallest absolute Gasteiger partial charge is 0.191 e. The molecule has 148 valence electrons. The van der Waals surface area contributed by atoms with Gasteiger partial charge in [0, 0.05) is 17.6 Å². The van der Waals surface area contributed by atoms with Gasteiger partial charge in [-0.1, -0.05) is 25.1 Å². The van der Waals surface area contributed by atoms with Crippen LogP contribution < -0.4 is 10.6 Å². The summed E-state index contributed by atoms with van der Waals surface area (Å²) in [5.74, 6) is 0.789. The second kappa shape index (κ2) is 9.50. The lowest BCUT2D eigenvalue weighted by Gasteiger charge is -2.12. The molecule has 0 aliphatic heterocycles. The van der Waals surface area contributed by atoms with Crippen molar-refractivity contribution in [1.82, 2.24) is 25.4 Å². The highest BCUT2D eigenvalue weighted by molar-refractivity contribution is 7.09. The van der Waals surface area contributed by atoms with Gasteiger partial charge in [-0.25, -0.2) is 14.7 Å². The first kappa shape index (κ1) is 20.1. The van der Waals surface area contributed by atoms with Gasteiger partial charge >= 0.3 is 0 Å². The standard InChI is InChI=1S/C21H28N6S/c1-5-20-25-18(14-28-20)13-24-21(22-6-2)23-12-17-9-7-8-10-19(17)27-16(4)11-15(3)26-27/h7-11,14H,5-6,12-13H2,1-4H3,(H2,22,23,24). The topological polar surface area (TPSA) is 67.1 Å². The summed E-state index contributed by atoms with van der Waals surface area (Å²) in [6.45, 7) is 10.3. The Bertz CT molecular complexity index is 940. The highest BCUT2D eigenvalue weighted by Crippen LogP contribution is 2.18. The Kier molecular flexibility index (Phi) is 6.81. The molecule has 28 heavy (non-hydrogen) atoms. The van der Waals surface area contributed by atoms with E-state index in [1.807, 2.05) is 23.7 Å². The first-order valence-corrected chi connectivity index (χ1v) is 10.6. The molecule has 0 aliphatic carbocycles. The maximum Gasteiger partial charge on any atom is 0.191 e. The summed E-state index contributed by atoms with van der Waals surface area (Å²) < 4.78 is 1.99. The Labute approximate surface area is 170 Å². The second-order valence-corrected chi connectivity index (χ2v) is 7.55. The third kappa shape index (κ3) is 4.98. The van der Waals surface area contributed by atoms with Gasteiger partial charge in [-0.2, -0.15) is 5.10 Å². The number of nitrogens with zero attached hydrogens (tertiary/aromatic N) is 4. The lowest BCUT2D eigenvalue weighted by molar-refractivity contribution is 0.792. The first-order valence-electron chi connectivity index (χ1n) is 9.67. The molecule has 0 saturated heterocycles. The zero-order chi connectivity index (χ0) is 19.9. The van der Waals surface area contributed by atoms with Crippen LogP contribution in [-0.4, -0.2) is 27.3 Å². The van der Waals surface area contributed by atoms with E-state index in [1.165, 1.54) is 0 Å². The zero-order valence-electron chi connectivity index (χ0n) is 17.0. The lowest BCUT2D eigenvalue weighted by Crippen LogP contribution is -2.36. The van der Waals surface area contributed by atoms with Gasteiger partial charge in [-0.3, -0.25) is 0 Å². The monoisotopic (exact) mass is 396 g/mol. The third-order valence-corrected chi connectivity index (χ3v) is 5.36. The van der Waals surface area contributed by atoms with Crippen LogP contribution in [0.1, 0.15) is 41.5 Å². The summed E-state index contributed by atoms with van der Waals surface area (Å²) >= 11 is 1.71. The van der Waals surface area contributed by atoms with E-state index in [-0.39, 0.29) is 0 Å². The minimum Gasteiger partial charge on any atom is -0.357 e. The molecular weight excluding hydrogens is 368 g/mol. The summed E-state index contributed by atoms with van der Waals surface area (Å²) in [5, 5.41) is 14.6. The Morgan fingerprint density at radius 1 is 1.18 bits per heavy atom. The van der Waals surface area contributed by atoms with E-state index in [0.29, 0.717) is 13.1 Å². The number of thiazole rings is 1. The summed E-state index contributed by atoms with van der Waals surface area (Å²) in [6, 6.07) is 10.4. The van der Waals surface area contributed by atoms with Crippen LogP contribution in [0.15, 0.2) is 40.7 Å². The molecule has 6 nitrogen and oxygen atoms in total. The highest BCUT2D eigenvalue weighted by atomic mass is 32.1. The number of guanidine groups is 1. The Balaban J connectivity index is 1.75. The van der Waals surface area contributed by atoms with Gasteiger partial charge in [0.1, 0.15) is 0 Å². The number of aromatic nitrogens is 3. The molecule has 2 heterocycles. The Morgan fingerprint density at radius 2 is 2.00 bits per heavy atom. The number of hydrogen-bond donors (Lipinski definition) is 2. The number of para-hydroxylation sites is 1. The number of aryl methyl sites for hydroxylation is 3. The van der Waals surface area contributed by atoms with Gasteiger partial charge < -0.3 is 10.6 Å². The molecule has 7 heteroatoms. The van der Waals surface area contributed by atoms with Crippen LogP contribution in [0.2, 0.25) is 0 Å². The Hall–Kier alpha value is -2.67. The summed E-state index contributed by atoms with van der Waals surface area (Å²) in [5.41, 5.74) is 5.39. The van der Waals surface area contributed by atoms with Crippen molar-refractivity contribution in [3.05, 3.63) is 63.4 Å². The van der Waals surface area contributed by atoms with Crippen LogP contribution in [0, 0.1) is 13.8 Å². The van der Waals surface area contributed by atoms with Crippen LogP contribution in [0.4, 0.5) is 0 Å². The quantitative estimate of drug-likeness (QED) is 0.471. The predicted octanol–water partition coefficient (Wildman–Crippen LogP) is 3.76. The molecule has 2 aromatic heterocycles. The molecule has 3 aromatic rings. The maximum absolute atomic E-state index is 4.78. The number of benzene rings is 1. The molecule has 0 fully saturated rings. The summed E-state index contributed by atoms with van der Waals surface area (Å²) in [7, 11) is 0. The highest BCUT2D eigenvalue weighted by Gasteiger charge is 2.09. The molecule has 0 amide bonds. The van der Waals surface area contributed by atoms with E-state index >= 15 is 0 Å². The van der Waals surface area contributed by atoms with Crippen LogP contribution in [-0.2, 0) is 19.5 Å². The molecule has 0 saturated carbocycles. The first-order chi connectivity index (χ1) is 13.6. The largest absolute Gasteiger partial charge is 0.357 e. The van der Waals surface area contributed by atoms with Crippen molar-refractivity contribution >= 4 is 17.3 Å². The molecule has 3 rings (SSSR count). The van der Waals surface area contributed by atoms with Crippen LogP contribution >= 0.6 is 11.3 Å². The van der Waals surface area contributed by atoms with Crippen LogP contribution in [0.25, 0.3) is 5.69 Å². The van der Waals surface area contributed by atoms with Crippen molar-refractivity contribution in [1.29, 1.82) is 0 Å². The van der Waals surface area contributed by atoms with E-state index in [4.69, 9.17) is 4.99 Å². The van der Waals surface area contributed by atoms with Gasteiger partial charge in [-0.15, -0.1) is 11.3 Å². The van der Waals surface area contributed by atoms with Gasteiger partial charge in [0.25, 0.3) is 0 Å². The second-order valence-electron chi connectivity index (χ2n) is 6.60. The summed E-state index contributed by atoms with van der Waals surface area (Å²) in [6.07, 6.45) is 0.974. The molecule has 0 atom stereocenters. The summed E-state index contributed by atoms with van der Waals surface area (Å²) in [4.78, 5) is 9.38. The molecule has 0 aliphatic rings. The van der Waals surface area contributed by atoms with Gasteiger partial charge in [0.15, 0.2) is 5.96 Å². The van der Waals surface area contributed by atoms with E-state index < -0.39 is 0 Å². The van der Waals surface area contributed by atoms with Gasteiger partial charge in [-0.05, 0) is 44.9 Å². The van der Waals surface area contributed by atoms with Crippen LogP contribution in [0.3, 0.4) is 0 Å². The molecule has 0 radical (unpaired) electrons. The molecule has 0 bridgehead atoms. The number of nitrogens with one attached hydrogen (secondary N) is 2. The van der Waals surface area contributed by atoms with Crippen molar-refractivity contribution < 1.29 is 0 Å². The predicted molar refractivity (Wildman–Crippen MR) is 116 cm³/mol. The van der Waals surface area contributed by atoms with Crippen molar-refractivity contribution in [2.75, 3.05) is 6.54 Å². The lowest BCUT2D eigenvalue weighted by atomic mass is 10.2. The fourth-order valence-corrected chi connectivity index (χ4v) is 3.74. The normalized spacial score (nSPS) is 11.6. The molecule has 0 spiro atoms. The van der Waals surface area contributed by atoms with Crippen molar-refractivity contribution in [2.24, 2.45) is 4.99 Å². The maximum atomic E-state index is 4.78. The fourth-order valence-electron chi connectivity index (χ4n) is 3.00. The SMILES string of the molecule is CCNC(=NCc1ccccc1-n1nc(C)cc1C)NCc1csc(CC)n1. The van der Waals surface area contributed by atoms with E-state index in [1.54, 1.807) is 11.3 Å². The van der Waals surface area contributed by atoms with Crippen molar-refractivity contribution in [2.45, 2.75) is 47.2 Å². The molecular formula is C21H28N6S. The third-order valence-electron chi connectivity index (χ3n) is 4.32. The minimum absolute atomic E-state index is 0.571.